The molecule has 6 nitrogen and oxygen atoms in total. The molecule has 7 heteroatoms. The molecule has 1 amide bonds. The highest BCUT2D eigenvalue weighted by Gasteiger charge is 2.33. The van der Waals surface area contributed by atoms with Crippen LogP contribution in [0.5, 0.6) is 0 Å². The summed E-state index contributed by atoms with van der Waals surface area (Å²) in [6, 6.07) is 16.8. The van der Waals surface area contributed by atoms with Crippen molar-refractivity contribution < 1.29 is 13.2 Å². The third-order valence-electron chi connectivity index (χ3n) is 6.61. The van der Waals surface area contributed by atoms with E-state index in [1.54, 1.807) is 30.3 Å². The average Bonchev–Trinajstić information content (AvgIpc) is 2.85. The van der Waals surface area contributed by atoms with Gasteiger partial charge in [0, 0.05) is 31.9 Å². The Labute approximate surface area is 191 Å². The zero-order chi connectivity index (χ0) is 22.6. The molecule has 2 aromatic rings. The van der Waals surface area contributed by atoms with Crippen LogP contribution in [0.4, 0.5) is 5.69 Å². The van der Waals surface area contributed by atoms with Crippen LogP contribution in [-0.4, -0.2) is 44.8 Å². The number of piperidine rings is 2. The Kier molecular flexibility index (Phi) is 7.16. The fourth-order valence-corrected chi connectivity index (χ4v) is 6.20. The van der Waals surface area contributed by atoms with E-state index in [1.165, 1.54) is 29.3 Å². The topological polar surface area (TPSA) is 69.7 Å². The van der Waals surface area contributed by atoms with Crippen molar-refractivity contribution in [3.63, 3.8) is 0 Å². The predicted molar refractivity (Wildman–Crippen MR) is 127 cm³/mol. The number of hydrogen-bond acceptors (Lipinski definition) is 4. The standard InChI is InChI=1S/C25H33N3O3S/c1-20(21-12-14-23(15-13-21)27-16-6-3-7-17-27)26-25(29)22-9-8-18-28(19-22)32(30,31)24-10-4-2-5-11-24/h2,4-5,10-15,20,22H,3,6-9,16-19H2,1H3,(H,26,29)/t20-,22-/m1/s1. The van der Waals surface area contributed by atoms with Crippen LogP contribution in [-0.2, 0) is 14.8 Å². The van der Waals surface area contributed by atoms with Gasteiger partial charge in [-0.3, -0.25) is 4.79 Å². The quantitative estimate of drug-likeness (QED) is 0.716. The molecule has 2 aliphatic rings. The third-order valence-corrected chi connectivity index (χ3v) is 8.49. The van der Waals surface area contributed by atoms with E-state index in [9.17, 15) is 13.2 Å². The van der Waals surface area contributed by atoms with Gasteiger partial charge in [0.05, 0.1) is 16.9 Å². The molecule has 1 N–H and O–H groups in total. The molecule has 4 rings (SSSR count). The van der Waals surface area contributed by atoms with Crippen molar-refractivity contribution in [1.29, 1.82) is 0 Å². The number of sulfonamides is 1. The highest BCUT2D eigenvalue weighted by atomic mass is 32.2. The van der Waals surface area contributed by atoms with Crippen LogP contribution in [0.1, 0.15) is 50.6 Å². The molecular weight excluding hydrogens is 422 g/mol. The Bertz CT molecular complexity index is 1000. The first kappa shape index (κ1) is 22.8. The zero-order valence-electron chi connectivity index (χ0n) is 18.7. The van der Waals surface area contributed by atoms with Gasteiger partial charge in [0.25, 0.3) is 0 Å². The van der Waals surface area contributed by atoms with E-state index in [0.29, 0.717) is 19.4 Å². The van der Waals surface area contributed by atoms with Crippen LogP contribution in [0.2, 0.25) is 0 Å². The van der Waals surface area contributed by atoms with E-state index < -0.39 is 10.0 Å². The maximum atomic E-state index is 13.0. The van der Waals surface area contributed by atoms with Gasteiger partial charge in [-0.15, -0.1) is 0 Å². The molecule has 0 unspecified atom stereocenters. The molecule has 0 aliphatic carbocycles. The van der Waals surface area contributed by atoms with Crippen LogP contribution in [0.15, 0.2) is 59.5 Å². The largest absolute Gasteiger partial charge is 0.372 e. The molecule has 172 valence electrons. The number of nitrogens with one attached hydrogen (secondary N) is 1. The monoisotopic (exact) mass is 455 g/mol. The lowest BCUT2D eigenvalue weighted by atomic mass is 9.97. The summed E-state index contributed by atoms with van der Waals surface area (Å²) in [5, 5.41) is 3.10. The molecule has 2 aliphatic heterocycles. The first-order valence-corrected chi connectivity index (χ1v) is 13.1. The van der Waals surface area contributed by atoms with Gasteiger partial charge in [-0.2, -0.15) is 4.31 Å². The second-order valence-electron chi connectivity index (χ2n) is 8.88. The second kappa shape index (κ2) is 10.0. The molecule has 32 heavy (non-hydrogen) atoms. The van der Waals surface area contributed by atoms with E-state index in [4.69, 9.17) is 0 Å². The Balaban J connectivity index is 1.36. The Morgan fingerprint density at radius 1 is 0.938 bits per heavy atom. The van der Waals surface area contributed by atoms with Gasteiger partial charge in [0.15, 0.2) is 0 Å². The number of rotatable bonds is 6. The molecule has 0 bridgehead atoms. The molecule has 0 radical (unpaired) electrons. The van der Waals surface area contributed by atoms with Gasteiger partial charge >= 0.3 is 0 Å². The maximum absolute atomic E-state index is 13.0. The SMILES string of the molecule is C[C@@H](NC(=O)[C@@H]1CCCN(S(=O)(=O)c2ccccc2)C1)c1ccc(N2CCCCC2)cc1. The van der Waals surface area contributed by atoms with Gasteiger partial charge in [0.1, 0.15) is 0 Å². The first-order valence-electron chi connectivity index (χ1n) is 11.7. The number of anilines is 1. The minimum Gasteiger partial charge on any atom is -0.372 e. The van der Waals surface area contributed by atoms with E-state index in [1.807, 2.05) is 6.92 Å². The van der Waals surface area contributed by atoms with Crippen molar-refractivity contribution in [2.24, 2.45) is 5.92 Å². The molecule has 2 atom stereocenters. The summed E-state index contributed by atoms with van der Waals surface area (Å²) >= 11 is 0. The molecule has 2 fully saturated rings. The van der Waals surface area contributed by atoms with Crippen LogP contribution in [0.3, 0.4) is 0 Å². The lowest BCUT2D eigenvalue weighted by Gasteiger charge is -2.32. The lowest BCUT2D eigenvalue weighted by Crippen LogP contribution is -2.45. The summed E-state index contributed by atoms with van der Waals surface area (Å²) in [6.07, 6.45) is 5.18. The van der Waals surface area contributed by atoms with Gasteiger partial charge < -0.3 is 10.2 Å². The number of hydrogen-bond donors (Lipinski definition) is 1. The minimum absolute atomic E-state index is 0.0782. The van der Waals surface area contributed by atoms with Gasteiger partial charge in [0.2, 0.25) is 15.9 Å². The zero-order valence-corrected chi connectivity index (χ0v) is 19.6. The molecule has 2 heterocycles. The van der Waals surface area contributed by atoms with Crippen LogP contribution in [0, 0.1) is 5.92 Å². The van der Waals surface area contributed by atoms with E-state index in [-0.39, 0.29) is 29.3 Å². The second-order valence-corrected chi connectivity index (χ2v) is 10.8. The van der Waals surface area contributed by atoms with Crippen molar-refractivity contribution in [3.05, 3.63) is 60.2 Å². The summed E-state index contributed by atoms with van der Waals surface area (Å²) in [5.41, 5.74) is 2.30. The molecule has 2 saturated heterocycles. The molecule has 0 saturated carbocycles. The van der Waals surface area contributed by atoms with Crippen molar-refractivity contribution >= 4 is 21.6 Å². The van der Waals surface area contributed by atoms with E-state index in [0.717, 1.165) is 18.7 Å². The normalized spacial score (nSPS) is 21.2. The van der Waals surface area contributed by atoms with Crippen molar-refractivity contribution in [2.45, 2.75) is 50.0 Å². The number of amides is 1. The Morgan fingerprint density at radius 3 is 2.31 bits per heavy atom. The summed E-state index contributed by atoms with van der Waals surface area (Å²) in [7, 11) is -3.58. The minimum atomic E-state index is -3.58. The highest BCUT2D eigenvalue weighted by molar-refractivity contribution is 7.89. The first-order chi connectivity index (χ1) is 15.4. The number of carbonyl (C=O) groups excluding carboxylic acids is 1. The summed E-state index contributed by atoms with van der Waals surface area (Å²) in [4.78, 5) is 15.7. The molecule has 2 aromatic carbocycles. The number of nitrogens with zero attached hydrogens (tertiary/aromatic N) is 2. The third kappa shape index (κ3) is 5.15. The summed E-state index contributed by atoms with van der Waals surface area (Å²) in [6.45, 7) is 4.87. The maximum Gasteiger partial charge on any atom is 0.243 e. The Hall–Kier alpha value is -2.38. The van der Waals surface area contributed by atoms with Crippen molar-refractivity contribution in [3.8, 4) is 0 Å². The molecule has 0 aromatic heterocycles. The summed E-state index contributed by atoms with van der Waals surface area (Å²) < 4.78 is 27.4. The van der Waals surface area contributed by atoms with E-state index in [2.05, 4.69) is 34.5 Å². The highest BCUT2D eigenvalue weighted by Crippen LogP contribution is 2.26. The summed E-state index contributed by atoms with van der Waals surface area (Å²) in [5.74, 6) is -0.414. The van der Waals surface area contributed by atoms with Crippen LogP contribution < -0.4 is 10.2 Å². The smallest absolute Gasteiger partial charge is 0.243 e. The predicted octanol–water partition coefficient (Wildman–Crippen LogP) is 3.96. The van der Waals surface area contributed by atoms with Gasteiger partial charge in [-0.25, -0.2) is 8.42 Å². The number of carbonyl (C=O) groups is 1. The van der Waals surface area contributed by atoms with Gasteiger partial charge in [-0.1, -0.05) is 30.3 Å². The van der Waals surface area contributed by atoms with Crippen LogP contribution in [0.25, 0.3) is 0 Å². The van der Waals surface area contributed by atoms with E-state index >= 15 is 0 Å². The number of benzene rings is 2. The van der Waals surface area contributed by atoms with Crippen LogP contribution >= 0.6 is 0 Å². The lowest BCUT2D eigenvalue weighted by molar-refractivity contribution is -0.126. The average molecular weight is 456 g/mol. The Morgan fingerprint density at radius 2 is 1.62 bits per heavy atom. The molecular formula is C25H33N3O3S. The van der Waals surface area contributed by atoms with Gasteiger partial charge in [-0.05, 0) is 68.9 Å². The fourth-order valence-electron chi connectivity index (χ4n) is 4.66. The van der Waals surface area contributed by atoms with Crippen molar-refractivity contribution in [1.82, 2.24) is 9.62 Å². The molecule has 0 spiro atoms. The fraction of sp³-hybridized carbons (Fsp3) is 0.480. The van der Waals surface area contributed by atoms with Crippen molar-refractivity contribution in [2.75, 3.05) is 31.1 Å².